The molecule has 8 atom stereocenters. The first-order chi connectivity index (χ1) is 15.7. The number of ether oxygens (including phenoxy) is 7. The number of aliphatic hydroxyl groups excluding tert-OH is 5. The van der Waals surface area contributed by atoms with E-state index in [1.807, 2.05) is 0 Å². The molecule has 0 spiro atoms. The molecule has 3 rings (SSSR count). The maximum Gasteiger partial charge on any atom is 0.229 e. The predicted octanol–water partition coefficient (Wildman–Crippen LogP) is -2.64. The van der Waals surface area contributed by atoms with Gasteiger partial charge in [-0.05, 0) is 0 Å². The molecule has 0 aliphatic carbocycles. The normalized spacial score (nSPS) is 36.5. The van der Waals surface area contributed by atoms with Crippen LogP contribution in [0.4, 0.5) is 0 Å². The zero-order valence-corrected chi connectivity index (χ0v) is 18.4. The van der Waals surface area contributed by atoms with Gasteiger partial charge in [0.2, 0.25) is 12.0 Å². The second-order valence-electron chi connectivity index (χ2n) is 7.67. The van der Waals surface area contributed by atoms with E-state index in [4.69, 9.17) is 33.2 Å². The maximum absolute atomic E-state index is 10.6. The van der Waals surface area contributed by atoms with Crippen LogP contribution in [-0.4, -0.2) is 120 Å². The predicted molar refractivity (Wildman–Crippen MR) is 107 cm³/mol. The number of methoxy groups -OCH3 is 3. The highest BCUT2D eigenvalue weighted by Crippen LogP contribution is 2.42. The average molecular weight is 478 g/mol. The first kappa shape index (κ1) is 25.7. The summed E-state index contributed by atoms with van der Waals surface area (Å²) in [5.41, 5.74) is -1.97. The van der Waals surface area contributed by atoms with Crippen LogP contribution in [-0.2, 0) is 14.2 Å². The highest BCUT2D eigenvalue weighted by molar-refractivity contribution is 5.55. The molecule has 2 heterocycles. The van der Waals surface area contributed by atoms with Crippen molar-refractivity contribution in [1.29, 1.82) is 0 Å². The van der Waals surface area contributed by atoms with Gasteiger partial charge in [0.1, 0.15) is 35.8 Å². The van der Waals surface area contributed by atoms with Gasteiger partial charge in [-0.25, -0.2) is 0 Å². The quantitative estimate of drug-likeness (QED) is 0.216. The Hall–Kier alpha value is -1.94. The third-order valence-electron chi connectivity index (χ3n) is 5.59. The minimum absolute atomic E-state index is 0.142. The summed E-state index contributed by atoms with van der Waals surface area (Å²) in [5, 5.41) is 60.3. The lowest BCUT2D eigenvalue weighted by Gasteiger charge is -2.42. The molecule has 188 valence electrons. The average Bonchev–Trinajstić information content (AvgIpc) is 3.11. The number of benzene rings is 1. The zero-order chi connectivity index (χ0) is 24.3. The Kier molecular flexibility index (Phi) is 8.21. The summed E-state index contributed by atoms with van der Waals surface area (Å²) < 4.78 is 38.1. The lowest BCUT2D eigenvalue weighted by atomic mass is 9.98. The minimum Gasteiger partial charge on any atom is -0.493 e. The van der Waals surface area contributed by atoms with E-state index >= 15 is 0 Å². The summed E-state index contributed by atoms with van der Waals surface area (Å²) in [5.74, 6) is 0.978. The number of aliphatic hydroxyl groups is 6. The highest BCUT2D eigenvalue weighted by atomic mass is 16.8. The van der Waals surface area contributed by atoms with Crippen LogP contribution in [0.15, 0.2) is 12.1 Å². The fraction of sp³-hybridized carbons (Fsp3) is 0.700. The third-order valence-corrected chi connectivity index (χ3v) is 5.59. The van der Waals surface area contributed by atoms with E-state index in [-0.39, 0.29) is 17.2 Å². The van der Waals surface area contributed by atoms with Crippen molar-refractivity contribution in [3.8, 4) is 23.0 Å². The Labute approximate surface area is 189 Å². The van der Waals surface area contributed by atoms with Crippen LogP contribution in [0.2, 0.25) is 0 Å². The Morgan fingerprint density at radius 3 is 2.09 bits per heavy atom. The van der Waals surface area contributed by atoms with E-state index in [1.165, 1.54) is 33.5 Å². The largest absolute Gasteiger partial charge is 0.493 e. The molecule has 1 aromatic carbocycles. The molecule has 0 bridgehead atoms. The molecular weight excluding hydrogens is 448 g/mol. The van der Waals surface area contributed by atoms with Gasteiger partial charge in [-0.2, -0.15) is 0 Å². The summed E-state index contributed by atoms with van der Waals surface area (Å²) >= 11 is 0. The molecule has 0 amide bonds. The van der Waals surface area contributed by atoms with Crippen molar-refractivity contribution >= 4 is 0 Å². The molecule has 2 fully saturated rings. The van der Waals surface area contributed by atoms with E-state index < -0.39 is 68.5 Å². The van der Waals surface area contributed by atoms with Gasteiger partial charge in [0.15, 0.2) is 23.9 Å². The molecule has 2 saturated heterocycles. The summed E-state index contributed by atoms with van der Waals surface area (Å²) in [4.78, 5) is 0. The molecule has 8 unspecified atom stereocenters. The number of rotatable bonds is 9. The highest BCUT2D eigenvalue weighted by Gasteiger charge is 2.53. The number of hydrogen-bond donors (Lipinski definition) is 6. The fourth-order valence-electron chi connectivity index (χ4n) is 3.62. The standard InChI is InChI=1S/C20H30O13/c1-27-10-4-9(5-11(28-2)15(10)29-3)31-18-16(14(24)13(23)12(6-21)32-18)33-19-17(25)20(26,7-22)8-30-19/h4-5,12-14,16-19,21-26H,6-8H2,1-3H3. The van der Waals surface area contributed by atoms with Crippen molar-refractivity contribution < 1.29 is 63.8 Å². The molecule has 33 heavy (non-hydrogen) atoms. The molecular formula is C20H30O13. The molecule has 0 radical (unpaired) electrons. The van der Waals surface area contributed by atoms with Gasteiger partial charge in [0.25, 0.3) is 0 Å². The van der Waals surface area contributed by atoms with Crippen molar-refractivity contribution in [2.24, 2.45) is 0 Å². The Morgan fingerprint density at radius 1 is 0.970 bits per heavy atom. The van der Waals surface area contributed by atoms with Crippen molar-refractivity contribution in [2.45, 2.75) is 48.7 Å². The molecule has 2 aliphatic heterocycles. The summed E-state index contributed by atoms with van der Waals surface area (Å²) in [6, 6.07) is 2.91. The van der Waals surface area contributed by atoms with Gasteiger partial charge in [0, 0.05) is 12.1 Å². The van der Waals surface area contributed by atoms with Crippen LogP contribution in [0.5, 0.6) is 23.0 Å². The van der Waals surface area contributed by atoms with Crippen LogP contribution in [0.1, 0.15) is 0 Å². The number of hydrogen-bond acceptors (Lipinski definition) is 13. The summed E-state index contributed by atoms with van der Waals surface area (Å²) in [7, 11) is 4.25. The van der Waals surface area contributed by atoms with Crippen molar-refractivity contribution in [3.05, 3.63) is 12.1 Å². The molecule has 13 heteroatoms. The Morgan fingerprint density at radius 2 is 1.61 bits per heavy atom. The lowest BCUT2D eigenvalue weighted by molar-refractivity contribution is -0.318. The first-order valence-electron chi connectivity index (χ1n) is 10.1. The fourth-order valence-corrected chi connectivity index (χ4v) is 3.62. The van der Waals surface area contributed by atoms with Gasteiger partial charge in [-0.15, -0.1) is 0 Å². The molecule has 13 nitrogen and oxygen atoms in total. The Bertz CT molecular complexity index is 766. The Balaban J connectivity index is 1.88. The molecule has 0 aromatic heterocycles. The van der Waals surface area contributed by atoms with Gasteiger partial charge in [0.05, 0.1) is 41.2 Å². The van der Waals surface area contributed by atoms with Gasteiger partial charge >= 0.3 is 0 Å². The minimum atomic E-state index is -1.97. The van der Waals surface area contributed by atoms with Crippen LogP contribution in [0, 0.1) is 0 Å². The van der Waals surface area contributed by atoms with Crippen LogP contribution >= 0.6 is 0 Å². The second-order valence-corrected chi connectivity index (χ2v) is 7.67. The first-order valence-corrected chi connectivity index (χ1v) is 10.1. The SMILES string of the molecule is COc1cc(OC2OC(CO)C(O)C(O)C2OC2OCC(O)(CO)C2O)cc(OC)c1OC. The lowest BCUT2D eigenvalue weighted by Crippen LogP contribution is -2.62. The topological polar surface area (TPSA) is 186 Å². The second kappa shape index (κ2) is 10.5. The van der Waals surface area contributed by atoms with Crippen LogP contribution < -0.4 is 18.9 Å². The van der Waals surface area contributed by atoms with E-state index in [9.17, 15) is 30.6 Å². The van der Waals surface area contributed by atoms with Gasteiger partial charge < -0.3 is 63.8 Å². The zero-order valence-electron chi connectivity index (χ0n) is 18.4. The molecule has 2 aliphatic rings. The maximum atomic E-state index is 10.6. The van der Waals surface area contributed by atoms with E-state index in [0.29, 0.717) is 5.75 Å². The van der Waals surface area contributed by atoms with Gasteiger partial charge in [-0.3, -0.25) is 0 Å². The molecule has 1 aromatic rings. The van der Waals surface area contributed by atoms with Crippen LogP contribution in [0.3, 0.4) is 0 Å². The summed E-state index contributed by atoms with van der Waals surface area (Å²) in [6.07, 6.45) is -10.4. The van der Waals surface area contributed by atoms with E-state index in [0.717, 1.165) is 0 Å². The van der Waals surface area contributed by atoms with Crippen molar-refractivity contribution in [2.75, 3.05) is 41.2 Å². The van der Waals surface area contributed by atoms with E-state index in [1.54, 1.807) is 0 Å². The van der Waals surface area contributed by atoms with Gasteiger partial charge in [-0.1, -0.05) is 0 Å². The molecule has 6 N–H and O–H groups in total. The monoisotopic (exact) mass is 478 g/mol. The van der Waals surface area contributed by atoms with Crippen molar-refractivity contribution in [1.82, 2.24) is 0 Å². The van der Waals surface area contributed by atoms with Crippen LogP contribution in [0.25, 0.3) is 0 Å². The molecule has 0 saturated carbocycles. The smallest absolute Gasteiger partial charge is 0.229 e. The van der Waals surface area contributed by atoms with Crippen molar-refractivity contribution in [3.63, 3.8) is 0 Å². The van der Waals surface area contributed by atoms with E-state index in [2.05, 4.69) is 0 Å². The third kappa shape index (κ3) is 4.96. The summed E-state index contributed by atoms with van der Waals surface area (Å²) in [6.45, 7) is -1.86.